The second-order valence-corrected chi connectivity index (χ2v) is 6.91. The van der Waals surface area contributed by atoms with E-state index >= 15 is 0 Å². The summed E-state index contributed by atoms with van der Waals surface area (Å²) in [6, 6.07) is 0. The van der Waals surface area contributed by atoms with Crippen LogP contribution in [0.25, 0.3) is 0 Å². The van der Waals surface area contributed by atoms with Gasteiger partial charge in [0, 0.05) is 5.41 Å². The fraction of sp³-hybridized carbons (Fsp3) is 0.929. The third-order valence-electron chi connectivity index (χ3n) is 4.62. The van der Waals surface area contributed by atoms with Crippen molar-refractivity contribution in [1.82, 2.24) is 0 Å². The standard InChI is InChI=1S/C14H26O4/c1-12(2,3)6-11-4-5-13(7-15,8-16)14(11,9-17)10-18/h9,11,15-16,18H,4-8,10H2,1-3H3. The number of carbonyl (C=O) groups excluding carboxylic acids is 1. The van der Waals surface area contributed by atoms with E-state index < -0.39 is 10.8 Å². The van der Waals surface area contributed by atoms with Crippen LogP contribution in [0.4, 0.5) is 0 Å². The van der Waals surface area contributed by atoms with Crippen molar-refractivity contribution in [1.29, 1.82) is 0 Å². The second-order valence-electron chi connectivity index (χ2n) is 6.91. The molecule has 1 aliphatic rings. The Bertz CT molecular complexity index is 291. The molecule has 1 fully saturated rings. The van der Waals surface area contributed by atoms with Gasteiger partial charge in [0.15, 0.2) is 0 Å². The van der Waals surface area contributed by atoms with Gasteiger partial charge in [0.05, 0.1) is 25.2 Å². The molecule has 0 aromatic rings. The highest BCUT2D eigenvalue weighted by Crippen LogP contribution is 2.57. The topological polar surface area (TPSA) is 77.8 Å². The largest absolute Gasteiger partial charge is 0.396 e. The van der Waals surface area contributed by atoms with Gasteiger partial charge in [-0.15, -0.1) is 0 Å². The monoisotopic (exact) mass is 258 g/mol. The number of carbonyl (C=O) groups is 1. The van der Waals surface area contributed by atoms with Crippen LogP contribution in [0, 0.1) is 22.2 Å². The zero-order valence-electron chi connectivity index (χ0n) is 11.6. The molecule has 2 atom stereocenters. The lowest BCUT2D eigenvalue weighted by Crippen LogP contribution is -2.50. The van der Waals surface area contributed by atoms with Crippen LogP contribution in [-0.4, -0.2) is 41.4 Å². The molecular formula is C14H26O4. The van der Waals surface area contributed by atoms with Crippen molar-refractivity contribution in [3.8, 4) is 0 Å². The molecule has 0 heterocycles. The summed E-state index contributed by atoms with van der Waals surface area (Å²) in [6.07, 6.45) is 2.91. The minimum atomic E-state index is -1.01. The van der Waals surface area contributed by atoms with Gasteiger partial charge in [0.1, 0.15) is 6.29 Å². The Morgan fingerprint density at radius 1 is 1.17 bits per heavy atom. The summed E-state index contributed by atoms with van der Waals surface area (Å²) in [4.78, 5) is 11.6. The van der Waals surface area contributed by atoms with E-state index in [9.17, 15) is 20.1 Å². The molecule has 0 bridgehead atoms. The summed E-state index contributed by atoms with van der Waals surface area (Å²) in [5.74, 6) is 0.0132. The number of rotatable bonds is 5. The van der Waals surface area contributed by atoms with Gasteiger partial charge < -0.3 is 20.1 Å². The lowest BCUT2D eigenvalue weighted by Gasteiger charge is -2.43. The van der Waals surface area contributed by atoms with Gasteiger partial charge in [0.2, 0.25) is 0 Å². The zero-order valence-corrected chi connectivity index (χ0v) is 11.6. The molecule has 2 unspecified atom stereocenters. The molecule has 0 spiro atoms. The number of aliphatic hydroxyl groups is 3. The van der Waals surface area contributed by atoms with Gasteiger partial charge in [-0.1, -0.05) is 20.8 Å². The van der Waals surface area contributed by atoms with Crippen LogP contribution < -0.4 is 0 Å². The van der Waals surface area contributed by atoms with E-state index in [2.05, 4.69) is 20.8 Å². The maximum atomic E-state index is 11.6. The van der Waals surface area contributed by atoms with Crippen LogP contribution in [0.1, 0.15) is 40.0 Å². The van der Waals surface area contributed by atoms with Crippen LogP contribution in [0.5, 0.6) is 0 Å². The highest BCUT2D eigenvalue weighted by Gasteiger charge is 2.59. The molecule has 0 amide bonds. The van der Waals surface area contributed by atoms with Gasteiger partial charge in [-0.2, -0.15) is 0 Å². The maximum Gasteiger partial charge on any atom is 0.129 e. The molecule has 1 saturated carbocycles. The smallest absolute Gasteiger partial charge is 0.129 e. The number of aliphatic hydroxyl groups excluding tert-OH is 3. The molecule has 0 radical (unpaired) electrons. The van der Waals surface area contributed by atoms with E-state index in [4.69, 9.17) is 0 Å². The van der Waals surface area contributed by atoms with E-state index in [1.165, 1.54) is 0 Å². The fourth-order valence-corrected chi connectivity index (χ4v) is 3.46. The van der Waals surface area contributed by atoms with Gasteiger partial charge in [-0.25, -0.2) is 0 Å². The van der Waals surface area contributed by atoms with E-state index in [-0.39, 0.29) is 31.2 Å². The average molecular weight is 258 g/mol. The fourth-order valence-electron chi connectivity index (χ4n) is 3.46. The van der Waals surface area contributed by atoms with Crippen LogP contribution in [0.2, 0.25) is 0 Å². The highest BCUT2D eigenvalue weighted by molar-refractivity contribution is 5.63. The Hall–Kier alpha value is -0.450. The first-order chi connectivity index (χ1) is 8.30. The van der Waals surface area contributed by atoms with Crippen LogP contribution in [0.15, 0.2) is 0 Å². The van der Waals surface area contributed by atoms with E-state index in [0.29, 0.717) is 6.42 Å². The quantitative estimate of drug-likeness (QED) is 0.642. The van der Waals surface area contributed by atoms with Crippen molar-refractivity contribution in [2.45, 2.75) is 40.0 Å². The maximum absolute atomic E-state index is 11.6. The van der Waals surface area contributed by atoms with E-state index in [1.807, 2.05) is 0 Å². The van der Waals surface area contributed by atoms with Gasteiger partial charge >= 0.3 is 0 Å². The molecule has 18 heavy (non-hydrogen) atoms. The summed E-state index contributed by atoms with van der Waals surface area (Å²) < 4.78 is 0. The summed E-state index contributed by atoms with van der Waals surface area (Å²) in [5, 5.41) is 28.9. The Morgan fingerprint density at radius 3 is 2.06 bits per heavy atom. The number of hydrogen-bond acceptors (Lipinski definition) is 4. The van der Waals surface area contributed by atoms with E-state index in [1.54, 1.807) is 0 Å². The van der Waals surface area contributed by atoms with Crippen molar-refractivity contribution in [3.63, 3.8) is 0 Å². The number of hydrogen-bond donors (Lipinski definition) is 3. The first-order valence-electron chi connectivity index (χ1n) is 6.60. The molecule has 0 saturated heterocycles. The van der Waals surface area contributed by atoms with Crippen molar-refractivity contribution in [3.05, 3.63) is 0 Å². The minimum Gasteiger partial charge on any atom is -0.396 e. The Labute approximate surface area is 109 Å². The van der Waals surface area contributed by atoms with Gasteiger partial charge in [-0.3, -0.25) is 0 Å². The van der Waals surface area contributed by atoms with Crippen LogP contribution in [0.3, 0.4) is 0 Å². The summed E-state index contributed by atoms with van der Waals surface area (Å²) >= 11 is 0. The molecule has 4 nitrogen and oxygen atoms in total. The van der Waals surface area contributed by atoms with Crippen LogP contribution >= 0.6 is 0 Å². The molecule has 0 aromatic heterocycles. The van der Waals surface area contributed by atoms with Gasteiger partial charge in [-0.05, 0) is 30.6 Å². The third kappa shape index (κ3) is 2.33. The van der Waals surface area contributed by atoms with Crippen molar-refractivity contribution in [2.75, 3.05) is 19.8 Å². The predicted molar refractivity (Wildman–Crippen MR) is 69.0 cm³/mol. The summed E-state index contributed by atoms with van der Waals surface area (Å²) in [5.41, 5.74) is -1.84. The molecule has 1 aliphatic carbocycles. The number of aldehydes is 1. The average Bonchev–Trinajstić information content (AvgIpc) is 2.61. The molecule has 0 aliphatic heterocycles. The second kappa shape index (κ2) is 5.27. The van der Waals surface area contributed by atoms with Crippen molar-refractivity contribution < 1.29 is 20.1 Å². The molecule has 1 rings (SSSR count). The van der Waals surface area contributed by atoms with Gasteiger partial charge in [0.25, 0.3) is 0 Å². The Kier molecular flexibility index (Phi) is 4.57. The van der Waals surface area contributed by atoms with Crippen molar-refractivity contribution in [2.24, 2.45) is 22.2 Å². The molecular weight excluding hydrogens is 232 g/mol. The Balaban J connectivity index is 3.12. The minimum absolute atomic E-state index is 0.0132. The SMILES string of the molecule is CC(C)(C)CC1CCC(CO)(CO)C1(C=O)CO. The lowest BCUT2D eigenvalue weighted by molar-refractivity contribution is -0.139. The third-order valence-corrected chi connectivity index (χ3v) is 4.62. The molecule has 3 N–H and O–H groups in total. The van der Waals surface area contributed by atoms with Crippen LogP contribution in [-0.2, 0) is 4.79 Å². The van der Waals surface area contributed by atoms with E-state index in [0.717, 1.165) is 19.1 Å². The molecule has 4 heteroatoms. The molecule has 106 valence electrons. The van der Waals surface area contributed by atoms with Crippen molar-refractivity contribution >= 4 is 6.29 Å². The Morgan fingerprint density at radius 2 is 1.72 bits per heavy atom. The molecule has 0 aromatic carbocycles. The summed E-state index contributed by atoms with van der Waals surface area (Å²) in [7, 11) is 0. The summed E-state index contributed by atoms with van der Waals surface area (Å²) in [6.45, 7) is 5.46. The first kappa shape index (κ1) is 15.6. The normalized spacial score (nSPS) is 31.6. The highest BCUT2D eigenvalue weighted by atomic mass is 16.3. The lowest BCUT2D eigenvalue weighted by atomic mass is 9.61. The predicted octanol–water partition coefficient (Wildman–Crippen LogP) is 0.981. The zero-order chi connectivity index (χ0) is 14.0. The first-order valence-corrected chi connectivity index (χ1v) is 6.60.